The zero-order chi connectivity index (χ0) is 22.2. The second-order valence-electron chi connectivity index (χ2n) is 6.32. The van der Waals surface area contributed by atoms with Gasteiger partial charge in [0.05, 0.1) is 15.4 Å². The van der Waals surface area contributed by atoms with Crippen LogP contribution in [0.25, 0.3) is 0 Å². The number of nitro groups is 1. The molecule has 0 atom stereocenters. The van der Waals surface area contributed by atoms with Gasteiger partial charge in [0.25, 0.3) is 5.69 Å². The van der Waals surface area contributed by atoms with E-state index < -0.39 is 16.7 Å². The van der Waals surface area contributed by atoms with Crippen LogP contribution >= 0.6 is 11.8 Å². The summed E-state index contributed by atoms with van der Waals surface area (Å²) >= 11 is 1.22. The first-order valence-corrected chi connectivity index (χ1v) is 10.5. The molecule has 0 amide bonds. The third-order valence-electron chi connectivity index (χ3n) is 4.36. The molecule has 158 valence electrons. The number of nitro benzene ring substituents is 1. The normalized spacial score (nSPS) is 10.4. The van der Waals surface area contributed by atoms with Gasteiger partial charge in [-0.2, -0.15) is 0 Å². The maximum absolute atomic E-state index is 13.0. The minimum absolute atomic E-state index is 0.00411. The summed E-state index contributed by atoms with van der Waals surface area (Å²) in [5, 5.41) is 11.3. The number of rotatable bonds is 9. The topological polar surface area (TPSA) is 95.7 Å². The van der Waals surface area contributed by atoms with E-state index in [0.29, 0.717) is 10.6 Å². The van der Waals surface area contributed by atoms with Crippen molar-refractivity contribution in [2.45, 2.75) is 4.90 Å². The number of para-hydroxylation sites is 1. The lowest BCUT2D eigenvalue weighted by atomic mass is 9.98. The number of benzene rings is 3. The van der Waals surface area contributed by atoms with E-state index in [1.807, 2.05) is 18.2 Å². The summed E-state index contributed by atoms with van der Waals surface area (Å²) in [4.78, 5) is 36.8. The smallest absolute Gasteiger partial charge is 0.339 e. The highest BCUT2D eigenvalue weighted by molar-refractivity contribution is 7.98. The van der Waals surface area contributed by atoms with Crippen LogP contribution in [0.15, 0.2) is 77.7 Å². The van der Waals surface area contributed by atoms with Gasteiger partial charge >= 0.3 is 5.97 Å². The molecule has 8 heteroatoms. The fourth-order valence-corrected chi connectivity index (χ4v) is 3.42. The summed E-state index contributed by atoms with van der Waals surface area (Å²) in [5.74, 6) is -0.510. The van der Waals surface area contributed by atoms with E-state index in [-0.39, 0.29) is 35.6 Å². The van der Waals surface area contributed by atoms with Gasteiger partial charge < -0.3 is 9.47 Å². The number of hydrogen-bond acceptors (Lipinski definition) is 7. The Labute approximate surface area is 183 Å². The van der Waals surface area contributed by atoms with Crippen LogP contribution in [0.2, 0.25) is 0 Å². The molecule has 0 aliphatic heterocycles. The summed E-state index contributed by atoms with van der Waals surface area (Å²) in [7, 11) is 0. The maximum Gasteiger partial charge on any atom is 0.339 e. The van der Waals surface area contributed by atoms with Crippen LogP contribution in [0.3, 0.4) is 0 Å². The molecule has 0 aliphatic rings. The van der Waals surface area contributed by atoms with Crippen molar-refractivity contribution in [2.24, 2.45) is 0 Å². The molecule has 0 N–H and O–H groups in total. The van der Waals surface area contributed by atoms with Crippen LogP contribution in [0.5, 0.6) is 5.75 Å². The zero-order valence-corrected chi connectivity index (χ0v) is 17.5. The van der Waals surface area contributed by atoms with Crippen LogP contribution < -0.4 is 4.74 Å². The van der Waals surface area contributed by atoms with E-state index in [1.165, 1.54) is 42.1 Å². The van der Waals surface area contributed by atoms with Gasteiger partial charge in [0.2, 0.25) is 0 Å². The van der Waals surface area contributed by atoms with Crippen LogP contribution in [-0.2, 0) is 4.74 Å². The van der Waals surface area contributed by atoms with Crippen molar-refractivity contribution in [2.75, 3.05) is 19.5 Å². The van der Waals surface area contributed by atoms with E-state index in [4.69, 9.17) is 9.47 Å². The van der Waals surface area contributed by atoms with Crippen molar-refractivity contribution in [3.63, 3.8) is 0 Å². The first-order valence-electron chi connectivity index (χ1n) is 9.32. The molecule has 0 aromatic heterocycles. The Morgan fingerprint density at radius 2 is 1.61 bits per heavy atom. The van der Waals surface area contributed by atoms with Crippen molar-refractivity contribution in [1.29, 1.82) is 0 Å². The Bertz CT molecular complexity index is 1100. The fourth-order valence-electron chi connectivity index (χ4n) is 2.88. The van der Waals surface area contributed by atoms with Crippen molar-refractivity contribution in [1.82, 2.24) is 0 Å². The third-order valence-corrected chi connectivity index (χ3v) is 5.14. The quantitative estimate of drug-likeness (QED) is 0.119. The van der Waals surface area contributed by atoms with Crippen LogP contribution in [0.4, 0.5) is 5.69 Å². The molecule has 0 fully saturated rings. The first kappa shape index (κ1) is 22.0. The lowest BCUT2D eigenvalue weighted by molar-refractivity contribution is -0.387. The second kappa shape index (κ2) is 10.4. The number of ketones is 1. The highest BCUT2D eigenvalue weighted by Gasteiger charge is 2.22. The minimum Gasteiger partial charge on any atom is -0.490 e. The van der Waals surface area contributed by atoms with Gasteiger partial charge in [-0.25, -0.2) is 4.79 Å². The Balaban J connectivity index is 1.73. The Kier molecular flexibility index (Phi) is 7.40. The van der Waals surface area contributed by atoms with Gasteiger partial charge in [0.1, 0.15) is 19.0 Å². The molecule has 0 bridgehead atoms. The van der Waals surface area contributed by atoms with Crippen molar-refractivity contribution in [3.8, 4) is 5.75 Å². The van der Waals surface area contributed by atoms with E-state index in [9.17, 15) is 19.7 Å². The Hall–Kier alpha value is -3.65. The second-order valence-corrected chi connectivity index (χ2v) is 7.16. The van der Waals surface area contributed by atoms with E-state index in [0.717, 1.165) is 0 Å². The summed E-state index contributed by atoms with van der Waals surface area (Å²) in [6.07, 6.45) is 1.72. The monoisotopic (exact) mass is 437 g/mol. The predicted molar refractivity (Wildman–Crippen MR) is 117 cm³/mol. The van der Waals surface area contributed by atoms with Crippen molar-refractivity contribution < 1.29 is 24.0 Å². The molecule has 0 saturated heterocycles. The molecule has 3 aromatic carbocycles. The number of carbonyl (C=O) groups is 2. The van der Waals surface area contributed by atoms with Gasteiger partial charge in [0.15, 0.2) is 5.78 Å². The molecule has 3 aromatic rings. The molecule has 0 spiro atoms. The molecule has 7 nitrogen and oxygen atoms in total. The van der Waals surface area contributed by atoms with Crippen LogP contribution in [-0.4, -0.2) is 36.1 Å². The SMILES string of the molecule is CSc1ccc(C(=O)c2ccccc2C(=O)OCCOc2ccccc2)cc1[N+](=O)[O-]. The van der Waals surface area contributed by atoms with Gasteiger partial charge in [-0.1, -0.05) is 36.4 Å². The molecular weight excluding hydrogens is 418 g/mol. The molecule has 0 radical (unpaired) electrons. The maximum atomic E-state index is 13.0. The summed E-state index contributed by atoms with van der Waals surface area (Å²) in [6, 6.07) is 19.6. The molecule has 31 heavy (non-hydrogen) atoms. The zero-order valence-electron chi connectivity index (χ0n) is 16.6. The van der Waals surface area contributed by atoms with Gasteiger partial charge in [0, 0.05) is 17.2 Å². The molecule has 0 saturated carbocycles. The first-order chi connectivity index (χ1) is 15.0. The third kappa shape index (κ3) is 5.49. The molecule has 0 aliphatic carbocycles. The van der Waals surface area contributed by atoms with Gasteiger partial charge in [-0.15, -0.1) is 11.8 Å². The summed E-state index contributed by atoms with van der Waals surface area (Å²) in [6.45, 7) is 0.165. The van der Waals surface area contributed by atoms with Crippen LogP contribution in [0, 0.1) is 10.1 Å². The van der Waals surface area contributed by atoms with Crippen molar-refractivity contribution in [3.05, 3.63) is 99.6 Å². The van der Waals surface area contributed by atoms with Crippen LogP contribution in [0.1, 0.15) is 26.3 Å². The number of carbonyl (C=O) groups excluding carboxylic acids is 2. The number of nitrogens with zero attached hydrogens (tertiary/aromatic N) is 1. The lowest BCUT2D eigenvalue weighted by Gasteiger charge is -2.10. The number of ether oxygens (including phenoxy) is 2. The van der Waals surface area contributed by atoms with E-state index in [1.54, 1.807) is 30.5 Å². The van der Waals surface area contributed by atoms with E-state index in [2.05, 4.69) is 0 Å². The molecule has 0 heterocycles. The average molecular weight is 437 g/mol. The number of esters is 1. The number of hydrogen-bond donors (Lipinski definition) is 0. The average Bonchev–Trinajstić information content (AvgIpc) is 2.81. The van der Waals surface area contributed by atoms with E-state index >= 15 is 0 Å². The molecular formula is C23H19NO6S. The Morgan fingerprint density at radius 1 is 0.935 bits per heavy atom. The highest BCUT2D eigenvalue weighted by Crippen LogP contribution is 2.29. The lowest BCUT2D eigenvalue weighted by Crippen LogP contribution is -2.16. The summed E-state index contributed by atoms with van der Waals surface area (Å²) in [5.41, 5.74) is 0.167. The fraction of sp³-hybridized carbons (Fsp3) is 0.130. The highest BCUT2D eigenvalue weighted by atomic mass is 32.2. The minimum atomic E-state index is -0.671. The van der Waals surface area contributed by atoms with Gasteiger partial charge in [-0.3, -0.25) is 14.9 Å². The molecule has 3 rings (SSSR count). The Morgan fingerprint density at radius 3 is 2.29 bits per heavy atom. The summed E-state index contributed by atoms with van der Waals surface area (Å²) < 4.78 is 10.7. The molecule has 0 unspecified atom stereocenters. The van der Waals surface area contributed by atoms with Crippen molar-refractivity contribution >= 4 is 29.2 Å². The number of thioether (sulfide) groups is 1. The largest absolute Gasteiger partial charge is 0.490 e. The predicted octanol–water partition coefficient (Wildman–Crippen LogP) is 4.78. The van der Waals surface area contributed by atoms with Gasteiger partial charge in [-0.05, 0) is 36.6 Å². The standard InChI is InChI=1S/C23H19NO6S/c1-31-21-12-11-16(15-20(21)24(27)28)22(25)18-9-5-6-10-19(18)23(26)30-14-13-29-17-7-3-2-4-8-17/h2-12,15H,13-14H2,1H3.